The molecule has 1 aromatic carbocycles. The standard InChI is InChI=1S/C23H25F6N3O5S/c1-20(4-5-20)19(34)32-10-14(9-16(32)18(33)31-21(11-30)6-7-21)38(35,36)17-3-2-13(37-12-22(24,25)26)8-15(17)23(27,28)29/h2-3,8,11,14,16,30H,4-7,9-10,12H2,1H3,(H,31,33)/t14-,16+/m1/s1. The fraction of sp³-hybridized carbons (Fsp3) is 0.609. The van der Waals surface area contributed by atoms with Gasteiger partial charge in [-0.2, -0.15) is 26.3 Å². The molecule has 2 atom stereocenters. The van der Waals surface area contributed by atoms with Crippen LogP contribution in [0, 0.1) is 10.8 Å². The van der Waals surface area contributed by atoms with Crippen molar-refractivity contribution < 1.29 is 49.1 Å². The molecule has 4 rings (SSSR count). The van der Waals surface area contributed by atoms with Gasteiger partial charge in [0.1, 0.15) is 11.8 Å². The van der Waals surface area contributed by atoms with Crippen LogP contribution in [0.2, 0.25) is 0 Å². The molecule has 15 heteroatoms. The fourth-order valence-electron chi connectivity index (χ4n) is 4.43. The van der Waals surface area contributed by atoms with Crippen molar-refractivity contribution in [2.24, 2.45) is 5.41 Å². The highest BCUT2D eigenvalue weighted by molar-refractivity contribution is 7.92. The maximum Gasteiger partial charge on any atom is 0.422 e. The molecule has 0 radical (unpaired) electrons. The van der Waals surface area contributed by atoms with Gasteiger partial charge in [-0.15, -0.1) is 0 Å². The molecular weight excluding hydrogens is 544 g/mol. The molecule has 1 heterocycles. The number of hydrogen-bond donors (Lipinski definition) is 2. The number of likely N-dealkylation sites (tertiary alicyclic amines) is 1. The van der Waals surface area contributed by atoms with E-state index in [2.05, 4.69) is 10.1 Å². The second-order valence-electron chi connectivity index (χ2n) is 10.3. The van der Waals surface area contributed by atoms with E-state index >= 15 is 0 Å². The van der Waals surface area contributed by atoms with E-state index in [1.165, 1.54) is 0 Å². The summed E-state index contributed by atoms with van der Waals surface area (Å²) >= 11 is 0. The molecule has 38 heavy (non-hydrogen) atoms. The topological polar surface area (TPSA) is 117 Å². The number of rotatable bonds is 8. The van der Waals surface area contributed by atoms with Gasteiger partial charge in [0.25, 0.3) is 0 Å². The quantitative estimate of drug-likeness (QED) is 0.367. The molecule has 2 amide bonds. The maximum atomic E-state index is 13.8. The third kappa shape index (κ3) is 5.61. The second kappa shape index (κ2) is 9.12. The van der Waals surface area contributed by atoms with Crippen molar-refractivity contribution in [3.05, 3.63) is 23.8 Å². The number of nitrogens with zero attached hydrogens (tertiary/aromatic N) is 1. The molecule has 2 saturated carbocycles. The summed E-state index contributed by atoms with van der Waals surface area (Å²) in [6.45, 7) is -0.757. The van der Waals surface area contributed by atoms with Crippen molar-refractivity contribution in [2.45, 2.75) is 73.1 Å². The molecule has 2 aliphatic carbocycles. The third-order valence-corrected chi connectivity index (χ3v) is 9.37. The number of amides is 2. The number of carbonyl (C=O) groups excluding carboxylic acids is 2. The fourth-order valence-corrected chi connectivity index (χ4v) is 6.32. The zero-order chi connectivity index (χ0) is 28.3. The van der Waals surface area contributed by atoms with Gasteiger partial charge in [0, 0.05) is 18.2 Å². The summed E-state index contributed by atoms with van der Waals surface area (Å²) in [6.07, 6.45) is -7.53. The molecule has 0 spiro atoms. The molecule has 1 aromatic rings. The first-order valence-corrected chi connectivity index (χ1v) is 13.2. The van der Waals surface area contributed by atoms with Gasteiger partial charge in [-0.1, -0.05) is 6.92 Å². The van der Waals surface area contributed by atoms with Gasteiger partial charge in [0.05, 0.1) is 21.2 Å². The van der Waals surface area contributed by atoms with Crippen LogP contribution in [-0.4, -0.2) is 67.5 Å². The van der Waals surface area contributed by atoms with E-state index in [4.69, 9.17) is 5.41 Å². The molecule has 1 saturated heterocycles. The number of nitrogens with one attached hydrogen (secondary N) is 2. The van der Waals surface area contributed by atoms with Crippen LogP contribution >= 0.6 is 0 Å². The van der Waals surface area contributed by atoms with Gasteiger partial charge in [-0.3, -0.25) is 9.59 Å². The van der Waals surface area contributed by atoms with E-state index in [1.54, 1.807) is 6.92 Å². The van der Waals surface area contributed by atoms with Crippen LogP contribution in [0.4, 0.5) is 26.3 Å². The normalized spacial score (nSPS) is 24.0. The highest BCUT2D eigenvalue weighted by Crippen LogP contribution is 2.48. The molecule has 3 fully saturated rings. The molecule has 3 aliphatic rings. The maximum absolute atomic E-state index is 13.8. The van der Waals surface area contributed by atoms with E-state index in [0.29, 0.717) is 37.8 Å². The van der Waals surface area contributed by atoms with Gasteiger partial charge < -0.3 is 20.4 Å². The zero-order valence-corrected chi connectivity index (χ0v) is 20.9. The summed E-state index contributed by atoms with van der Waals surface area (Å²) in [5.41, 5.74) is -3.40. The average molecular weight is 570 g/mol. The summed E-state index contributed by atoms with van der Waals surface area (Å²) in [4.78, 5) is 26.1. The minimum atomic E-state index is -5.26. The largest absolute Gasteiger partial charge is 0.484 e. The molecule has 0 unspecified atom stereocenters. The van der Waals surface area contributed by atoms with Crippen LogP contribution in [0.15, 0.2) is 23.1 Å². The van der Waals surface area contributed by atoms with Crippen molar-refractivity contribution in [3.63, 3.8) is 0 Å². The van der Waals surface area contributed by atoms with Crippen molar-refractivity contribution in [3.8, 4) is 5.75 Å². The summed E-state index contributed by atoms with van der Waals surface area (Å²) in [5.74, 6) is -2.01. The molecule has 2 N–H and O–H groups in total. The van der Waals surface area contributed by atoms with E-state index in [1.807, 2.05) is 0 Å². The summed E-state index contributed by atoms with van der Waals surface area (Å²) in [7, 11) is -4.82. The number of halogens is 6. The van der Waals surface area contributed by atoms with E-state index in [0.717, 1.165) is 11.1 Å². The molecule has 1 aliphatic heterocycles. The van der Waals surface area contributed by atoms with Crippen molar-refractivity contribution in [1.82, 2.24) is 10.2 Å². The number of benzene rings is 1. The number of ether oxygens (including phenoxy) is 1. The monoisotopic (exact) mass is 569 g/mol. The smallest absolute Gasteiger partial charge is 0.422 e. The summed E-state index contributed by atoms with van der Waals surface area (Å²) < 4.78 is 110. The van der Waals surface area contributed by atoms with E-state index < -0.39 is 92.0 Å². The lowest BCUT2D eigenvalue weighted by molar-refractivity contribution is -0.153. The lowest BCUT2D eigenvalue weighted by atomic mass is 10.1. The Morgan fingerprint density at radius 1 is 1.16 bits per heavy atom. The average Bonchev–Trinajstić information content (AvgIpc) is 3.72. The lowest BCUT2D eigenvalue weighted by Crippen LogP contribution is -2.51. The minimum absolute atomic E-state index is 0.187. The molecule has 0 bridgehead atoms. The molecule has 8 nitrogen and oxygen atoms in total. The zero-order valence-electron chi connectivity index (χ0n) is 20.1. The second-order valence-corrected chi connectivity index (χ2v) is 12.5. The predicted molar refractivity (Wildman–Crippen MR) is 120 cm³/mol. The number of hydrogen-bond acceptors (Lipinski definition) is 6. The van der Waals surface area contributed by atoms with Crippen LogP contribution in [0.25, 0.3) is 0 Å². The first-order chi connectivity index (χ1) is 17.4. The minimum Gasteiger partial charge on any atom is -0.484 e. The Kier molecular flexibility index (Phi) is 6.77. The Labute approximate surface area is 214 Å². The van der Waals surface area contributed by atoms with Crippen LogP contribution in [-0.2, 0) is 25.6 Å². The molecule has 210 valence electrons. The first kappa shape index (κ1) is 28.2. The Bertz CT molecular complexity index is 1250. The number of sulfone groups is 1. The lowest BCUT2D eigenvalue weighted by Gasteiger charge is -2.27. The van der Waals surface area contributed by atoms with Gasteiger partial charge in [0.2, 0.25) is 11.8 Å². The van der Waals surface area contributed by atoms with Gasteiger partial charge in [-0.05, 0) is 50.3 Å². The Morgan fingerprint density at radius 2 is 1.79 bits per heavy atom. The Balaban J connectivity index is 1.65. The van der Waals surface area contributed by atoms with Crippen molar-refractivity contribution >= 4 is 27.9 Å². The SMILES string of the molecule is CC1(C(=O)N2C[C@H](S(=O)(=O)c3ccc(OCC(F)(F)F)cc3C(F)(F)F)C[C@H]2C(=O)NC2(C=N)CC2)CC1. The van der Waals surface area contributed by atoms with Crippen molar-refractivity contribution in [1.29, 1.82) is 5.41 Å². The Hall–Kier alpha value is -2.84. The number of carbonyl (C=O) groups is 2. The molecular formula is C23H25F6N3O5S. The molecule has 0 aromatic heterocycles. The van der Waals surface area contributed by atoms with Gasteiger partial charge in [-0.25, -0.2) is 8.42 Å². The van der Waals surface area contributed by atoms with Crippen LogP contribution in [0.1, 0.15) is 44.6 Å². The highest BCUT2D eigenvalue weighted by Gasteiger charge is 2.55. The van der Waals surface area contributed by atoms with Crippen LogP contribution in [0.5, 0.6) is 5.75 Å². The van der Waals surface area contributed by atoms with Crippen molar-refractivity contribution in [2.75, 3.05) is 13.2 Å². The van der Waals surface area contributed by atoms with Crippen LogP contribution in [0.3, 0.4) is 0 Å². The summed E-state index contributed by atoms with van der Waals surface area (Å²) in [6, 6.07) is 0.135. The highest BCUT2D eigenvalue weighted by atomic mass is 32.2. The van der Waals surface area contributed by atoms with Gasteiger partial charge >= 0.3 is 12.4 Å². The summed E-state index contributed by atoms with van der Waals surface area (Å²) in [5, 5.41) is 8.55. The first-order valence-electron chi connectivity index (χ1n) is 11.7. The number of alkyl halides is 6. The van der Waals surface area contributed by atoms with Crippen LogP contribution < -0.4 is 10.1 Å². The van der Waals surface area contributed by atoms with E-state index in [9.17, 15) is 44.3 Å². The van der Waals surface area contributed by atoms with Gasteiger partial charge in [0.15, 0.2) is 16.4 Å². The van der Waals surface area contributed by atoms with E-state index in [-0.39, 0.29) is 6.07 Å². The predicted octanol–water partition coefficient (Wildman–Crippen LogP) is 3.49. The third-order valence-electron chi connectivity index (χ3n) is 7.18. The Morgan fingerprint density at radius 3 is 2.29 bits per heavy atom.